The number of carboxylic acids is 1. The van der Waals surface area contributed by atoms with Gasteiger partial charge in [-0.15, -0.1) is 5.10 Å². The molecule has 0 saturated carbocycles. The molecule has 2 aromatic rings. The van der Waals surface area contributed by atoms with Gasteiger partial charge in [0.05, 0.1) is 5.92 Å². The van der Waals surface area contributed by atoms with Crippen LogP contribution in [0.2, 0.25) is 0 Å². The lowest BCUT2D eigenvalue weighted by molar-refractivity contribution is -0.141. The van der Waals surface area contributed by atoms with Crippen molar-refractivity contribution >= 4 is 11.9 Å². The lowest BCUT2D eigenvalue weighted by Gasteiger charge is -2.23. The Hall–Kier alpha value is -2.84. The average Bonchev–Trinajstić information content (AvgIpc) is 3.23. The Balaban J connectivity index is 1.84. The fourth-order valence-electron chi connectivity index (χ4n) is 3.02. The molecular weight excluding hydrogens is 329 g/mol. The first-order valence-corrected chi connectivity index (χ1v) is 7.96. The number of carbonyl (C=O) groups is 2. The number of benzene rings is 1. The summed E-state index contributed by atoms with van der Waals surface area (Å²) in [5, 5.41) is 20.4. The predicted molar refractivity (Wildman–Crippen MR) is 84.0 cm³/mol. The molecule has 1 aromatic carbocycles. The van der Waals surface area contributed by atoms with Crippen LogP contribution in [0.25, 0.3) is 0 Å². The number of hydrogen-bond donors (Lipinski definition) is 1. The number of likely N-dealkylation sites (tertiary alicyclic amines) is 1. The number of aryl methyl sites for hydroxylation is 1. The normalized spacial score (nSPS) is 18.3. The van der Waals surface area contributed by atoms with Gasteiger partial charge in [0.15, 0.2) is 0 Å². The third-order valence-corrected chi connectivity index (χ3v) is 4.43. The maximum absolute atomic E-state index is 13.1. The van der Waals surface area contributed by atoms with Crippen molar-refractivity contribution in [1.82, 2.24) is 25.1 Å². The number of halogens is 1. The molecule has 2 atom stereocenters. The molecule has 0 aliphatic carbocycles. The van der Waals surface area contributed by atoms with Crippen molar-refractivity contribution in [3.63, 3.8) is 0 Å². The fraction of sp³-hybridized carbons (Fsp3) is 0.438. The summed E-state index contributed by atoms with van der Waals surface area (Å²) < 4.78 is 14.5. The molecule has 1 aliphatic heterocycles. The van der Waals surface area contributed by atoms with Gasteiger partial charge in [0, 0.05) is 19.5 Å². The largest absolute Gasteiger partial charge is 0.481 e. The van der Waals surface area contributed by atoms with Crippen molar-refractivity contribution in [2.75, 3.05) is 13.1 Å². The van der Waals surface area contributed by atoms with Crippen LogP contribution in [0.5, 0.6) is 0 Å². The SMILES string of the molecule is Cc1nnnn1[C@H](Cc1ccc(F)cc1)C(=O)N1CC[C@@H](C(=O)O)C1. The van der Waals surface area contributed by atoms with E-state index in [1.54, 1.807) is 19.1 Å². The van der Waals surface area contributed by atoms with Gasteiger partial charge in [-0.2, -0.15) is 0 Å². The number of nitrogens with zero attached hydrogens (tertiary/aromatic N) is 5. The Morgan fingerprint density at radius 2 is 2.08 bits per heavy atom. The molecule has 2 heterocycles. The van der Waals surface area contributed by atoms with Crippen molar-refractivity contribution in [1.29, 1.82) is 0 Å². The Morgan fingerprint density at radius 3 is 2.64 bits per heavy atom. The van der Waals surface area contributed by atoms with E-state index in [0.29, 0.717) is 25.2 Å². The molecule has 1 saturated heterocycles. The fourth-order valence-corrected chi connectivity index (χ4v) is 3.02. The van der Waals surface area contributed by atoms with E-state index in [1.165, 1.54) is 21.7 Å². The monoisotopic (exact) mass is 347 g/mol. The van der Waals surface area contributed by atoms with Gasteiger partial charge in [-0.05, 0) is 41.5 Å². The molecule has 9 heteroatoms. The number of amides is 1. The molecule has 132 valence electrons. The van der Waals surface area contributed by atoms with E-state index in [0.717, 1.165) is 5.56 Å². The molecule has 0 bridgehead atoms. The van der Waals surface area contributed by atoms with E-state index in [-0.39, 0.29) is 18.3 Å². The first-order chi connectivity index (χ1) is 12.0. The minimum atomic E-state index is -0.899. The highest BCUT2D eigenvalue weighted by atomic mass is 19.1. The third kappa shape index (κ3) is 3.65. The molecule has 1 aromatic heterocycles. The predicted octanol–water partition coefficient (Wildman–Crippen LogP) is 0.838. The zero-order valence-electron chi connectivity index (χ0n) is 13.7. The summed E-state index contributed by atoms with van der Waals surface area (Å²) in [4.78, 5) is 25.6. The standard InChI is InChI=1S/C16H18FN5O3/c1-10-18-19-20-22(10)14(8-11-2-4-13(17)5-3-11)15(23)21-7-6-12(9-21)16(24)25/h2-5,12,14H,6-9H2,1H3,(H,24,25)/t12-,14-/m1/s1. The Labute approximate surface area is 143 Å². The van der Waals surface area contributed by atoms with Gasteiger partial charge in [-0.25, -0.2) is 9.07 Å². The number of rotatable bonds is 5. The lowest BCUT2D eigenvalue weighted by Crippen LogP contribution is -2.38. The van der Waals surface area contributed by atoms with E-state index >= 15 is 0 Å². The molecule has 1 N–H and O–H groups in total. The Morgan fingerprint density at radius 1 is 1.36 bits per heavy atom. The number of tetrazole rings is 1. The van der Waals surface area contributed by atoms with Crippen molar-refractivity contribution in [2.45, 2.75) is 25.8 Å². The van der Waals surface area contributed by atoms with Crippen LogP contribution in [0, 0.1) is 18.7 Å². The zero-order chi connectivity index (χ0) is 18.0. The van der Waals surface area contributed by atoms with E-state index in [9.17, 15) is 14.0 Å². The van der Waals surface area contributed by atoms with Crippen LogP contribution < -0.4 is 0 Å². The van der Waals surface area contributed by atoms with Crippen LogP contribution in [-0.4, -0.2) is 55.2 Å². The second kappa shape index (κ2) is 6.96. The van der Waals surface area contributed by atoms with Crippen LogP contribution in [0.15, 0.2) is 24.3 Å². The van der Waals surface area contributed by atoms with Gasteiger partial charge >= 0.3 is 5.97 Å². The maximum atomic E-state index is 13.1. The van der Waals surface area contributed by atoms with Crippen LogP contribution in [0.3, 0.4) is 0 Å². The van der Waals surface area contributed by atoms with Gasteiger partial charge in [-0.1, -0.05) is 12.1 Å². The van der Waals surface area contributed by atoms with Crippen LogP contribution in [-0.2, 0) is 16.0 Å². The summed E-state index contributed by atoms with van der Waals surface area (Å²) in [6, 6.07) is 5.19. The van der Waals surface area contributed by atoms with Gasteiger partial charge in [0.1, 0.15) is 17.7 Å². The maximum Gasteiger partial charge on any atom is 0.308 e. The average molecular weight is 347 g/mol. The Kier molecular flexibility index (Phi) is 4.73. The van der Waals surface area contributed by atoms with Crippen molar-refractivity contribution in [3.05, 3.63) is 41.5 Å². The number of carbonyl (C=O) groups excluding carboxylic acids is 1. The molecule has 0 unspecified atom stereocenters. The lowest BCUT2D eigenvalue weighted by atomic mass is 10.0. The molecule has 1 aliphatic rings. The minimum absolute atomic E-state index is 0.176. The van der Waals surface area contributed by atoms with Gasteiger partial charge < -0.3 is 10.0 Å². The van der Waals surface area contributed by atoms with E-state index in [1.807, 2.05) is 0 Å². The zero-order valence-corrected chi connectivity index (χ0v) is 13.7. The highest BCUT2D eigenvalue weighted by Crippen LogP contribution is 2.23. The van der Waals surface area contributed by atoms with Crippen LogP contribution in [0.4, 0.5) is 4.39 Å². The number of hydrogen-bond acceptors (Lipinski definition) is 5. The van der Waals surface area contributed by atoms with Crippen molar-refractivity contribution in [3.8, 4) is 0 Å². The highest BCUT2D eigenvalue weighted by Gasteiger charge is 2.35. The quantitative estimate of drug-likeness (QED) is 0.860. The van der Waals surface area contributed by atoms with Gasteiger partial charge in [-0.3, -0.25) is 9.59 Å². The van der Waals surface area contributed by atoms with E-state index in [2.05, 4.69) is 15.5 Å². The number of aromatic nitrogens is 4. The van der Waals surface area contributed by atoms with Crippen molar-refractivity contribution < 1.29 is 19.1 Å². The topological polar surface area (TPSA) is 101 Å². The summed E-state index contributed by atoms with van der Waals surface area (Å²) in [6.45, 7) is 2.25. The summed E-state index contributed by atoms with van der Waals surface area (Å²) in [7, 11) is 0. The third-order valence-electron chi connectivity index (χ3n) is 4.43. The van der Waals surface area contributed by atoms with Crippen LogP contribution in [0.1, 0.15) is 23.9 Å². The summed E-state index contributed by atoms with van der Waals surface area (Å²) in [5.74, 6) is -1.55. The molecular formula is C16H18FN5O3. The second-order valence-electron chi connectivity index (χ2n) is 6.13. The number of aliphatic carboxylic acids is 1. The van der Waals surface area contributed by atoms with Crippen molar-refractivity contribution in [2.24, 2.45) is 5.92 Å². The second-order valence-corrected chi connectivity index (χ2v) is 6.13. The molecule has 0 radical (unpaired) electrons. The molecule has 8 nitrogen and oxygen atoms in total. The van der Waals surface area contributed by atoms with E-state index in [4.69, 9.17) is 5.11 Å². The first-order valence-electron chi connectivity index (χ1n) is 7.96. The van der Waals surface area contributed by atoms with Gasteiger partial charge in [0.2, 0.25) is 5.91 Å². The summed E-state index contributed by atoms with van der Waals surface area (Å²) >= 11 is 0. The molecule has 25 heavy (non-hydrogen) atoms. The van der Waals surface area contributed by atoms with Crippen LogP contribution >= 0.6 is 0 Å². The van der Waals surface area contributed by atoms with E-state index < -0.39 is 17.9 Å². The molecule has 1 fully saturated rings. The summed E-state index contributed by atoms with van der Waals surface area (Å²) in [6.07, 6.45) is 0.720. The summed E-state index contributed by atoms with van der Waals surface area (Å²) in [5.41, 5.74) is 0.767. The molecule has 3 rings (SSSR count). The number of carboxylic acid groups (broad SMARTS) is 1. The minimum Gasteiger partial charge on any atom is -0.481 e. The smallest absolute Gasteiger partial charge is 0.308 e. The first kappa shape index (κ1) is 17.0. The Bertz CT molecular complexity index is 776. The highest BCUT2D eigenvalue weighted by molar-refractivity contribution is 5.82. The van der Waals surface area contributed by atoms with Gasteiger partial charge in [0.25, 0.3) is 0 Å². The molecule has 1 amide bonds. The molecule has 0 spiro atoms.